The third kappa shape index (κ3) is 2.29. The summed E-state index contributed by atoms with van der Waals surface area (Å²) < 4.78 is 0. The maximum atomic E-state index is 11.4. The molecule has 3 nitrogen and oxygen atoms in total. The van der Waals surface area contributed by atoms with E-state index in [1.807, 2.05) is 18.2 Å². The Labute approximate surface area is 82.6 Å². The maximum absolute atomic E-state index is 11.4. The van der Waals surface area contributed by atoms with Crippen LogP contribution >= 0.6 is 0 Å². The van der Waals surface area contributed by atoms with E-state index in [0.717, 1.165) is 0 Å². The molecule has 0 unspecified atom stereocenters. The Morgan fingerprint density at radius 1 is 1.36 bits per heavy atom. The second-order valence-corrected chi connectivity index (χ2v) is 2.66. The molecule has 0 radical (unpaired) electrons. The van der Waals surface area contributed by atoms with Crippen molar-refractivity contribution in [1.29, 1.82) is 0 Å². The van der Waals surface area contributed by atoms with Crippen LogP contribution in [0.2, 0.25) is 0 Å². The molecule has 1 aromatic carbocycles. The molecule has 0 spiro atoms. The van der Waals surface area contributed by atoms with Crippen LogP contribution in [0.25, 0.3) is 0 Å². The van der Waals surface area contributed by atoms with E-state index in [-0.39, 0.29) is 12.5 Å². The van der Waals surface area contributed by atoms with Gasteiger partial charge in [-0.25, -0.2) is 0 Å². The van der Waals surface area contributed by atoms with Gasteiger partial charge in [0.25, 0.3) is 5.91 Å². The molecule has 0 saturated carbocycles. The number of amides is 1. The molecule has 1 aromatic rings. The summed E-state index contributed by atoms with van der Waals surface area (Å²) in [4.78, 5) is 23.1. The monoisotopic (exact) mass is 189 g/mol. The SMILES string of the molecule is C=CC(=O)N(CC=O)c1ccccc1. The topological polar surface area (TPSA) is 37.4 Å². The van der Waals surface area contributed by atoms with E-state index in [0.29, 0.717) is 12.0 Å². The maximum Gasteiger partial charge on any atom is 0.250 e. The quantitative estimate of drug-likeness (QED) is 0.530. The van der Waals surface area contributed by atoms with Gasteiger partial charge >= 0.3 is 0 Å². The minimum absolute atomic E-state index is 0.0505. The van der Waals surface area contributed by atoms with Crippen molar-refractivity contribution >= 4 is 17.9 Å². The fourth-order valence-corrected chi connectivity index (χ4v) is 1.12. The Morgan fingerprint density at radius 2 is 2.00 bits per heavy atom. The highest BCUT2D eigenvalue weighted by Crippen LogP contribution is 2.12. The lowest BCUT2D eigenvalue weighted by molar-refractivity contribution is -0.115. The van der Waals surface area contributed by atoms with E-state index in [1.54, 1.807) is 12.1 Å². The minimum atomic E-state index is -0.275. The molecule has 14 heavy (non-hydrogen) atoms. The first-order valence-electron chi connectivity index (χ1n) is 4.22. The van der Waals surface area contributed by atoms with Crippen molar-refractivity contribution < 1.29 is 9.59 Å². The first-order chi connectivity index (χ1) is 6.79. The van der Waals surface area contributed by atoms with Crippen LogP contribution in [-0.4, -0.2) is 18.7 Å². The predicted octanol–water partition coefficient (Wildman–Crippen LogP) is 1.40. The van der Waals surface area contributed by atoms with Gasteiger partial charge in [0.15, 0.2) is 0 Å². The fraction of sp³-hybridized carbons (Fsp3) is 0.0909. The van der Waals surface area contributed by atoms with Crippen molar-refractivity contribution in [2.45, 2.75) is 0 Å². The van der Waals surface area contributed by atoms with Crippen molar-refractivity contribution in [1.82, 2.24) is 0 Å². The molecule has 0 bridgehead atoms. The lowest BCUT2D eigenvalue weighted by atomic mass is 10.3. The van der Waals surface area contributed by atoms with Gasteiger partial charge in [0.05, 0.1) is 6.54 Å². The van der Waals surface area contributed by atoms with Crippen molar-refractivity contribution in [2.24, 2.45) is 0 Å². The molecule has 0 atom stereocenters. The number of anilines is 1. The van der Waals surface area contributed by atoms with E-state index in [9.17, 15) is 9.59 Å². The number of rotatable bonds is 4. The van der Waals surface area contributed by atoms with Gasteiger partial charge in [-0.2, -0.15) is 0 Å². The molecule has 0 aliphatic rings. The number of carbonyl (C=O) groups is 2. The van der Waals surface area contributed by atoms with Gasteiger partial charge in [-0.3, -0.25) is 4.79 Å². The van der Waals surface area contributed by atoms with Crippen molar-refractivity contribution in [3.8, 4) is 0 Å². The third-order valence-corrected chi connectivity index (χ3v) is 1.77. The van der Waals surface area contributed by atoms with Crippen molar-refractivity contribution in [2.75, 3.05) is 11.4 Å². The summed E-state index contributed by atoms with van der Waals surface area (Å²) in [6.45, 7) is 3.43. The van der Waals surface area contributed by atoms with Crippen molar-refractivity contribution in [3.63, 3.8) is 0 Å². The molecule has 72 valence electrons. The second-order valence-electron chi connectivity index (χ2n) is 2.66. The minimum Gasteiger partial charge on any atom is -0.302 e. The molecule has 0 fully saturated rings. The van der Waals surface area contributed by atoms with E-state index in [4.69, 9.17) is 0 Å². The van der Waals surface area contributed by atoms with Gasteiger partial charge in [-0.05, 0) is 18.2 Å². The van der Waals surface area contributed by atoms with Gasteiger partial charge in [-0.1, -0.05) is 24.8 Å². The fourth-order valence-electron chi connectivity index (χ4n) is 1.12. The average molecular weight is 189 g/mol. The average Bonchev–Trinajstić information content (AvgIpc) is 2.26. The number of benzene rings is 1. The highest BCUT2D eigenvalue weighted by atomic mass is 16.2. The molecule has 1 amide bonds. The molecule has 0 heterocycles. The Bertz CT molecular complexity index is 332. The van der Waals surface area contributed by atoms with Crippen LogP contribution in [-0.2, 0) is 9.59 Å². The summed E-state index contributed by atoms with van der Waals surface area (Å²) in [6.07, 6.45) is 1.88. The summed E-state index contributed by atoms with van der Waals surface area (Å²) in [5.41, 5.74) is 0.699. The molecule has 0 aliphatic carbocycles. The number of hydrogen-bond acceptors (Lipinski definition) is 2. The Kier molecular flexibility index (Phi) is 3.61. The molecule has 0 N–H and O–H groups in total. The third-order valence-electron chi connectivity index (χ3n) is 1.77. The number of carbonyl (C=O) groups excluding carboxylic acids is 2. The van der Waals surface area contributed by atoms with Gasteiger partial charge in [0.2, 0.25) is 0 Å². The van der Waals surface area contributed by atoms with E-state index in [2.05, 4.69) is 6.58 Å². The Hall–Kier alpha value is -1.90. The zero-order valence-corrected chi connectivity index (χ0v) is 7.72. The largest absolute Gasteiger partial charge is 0.302 e. The van der Waals surface area contributed by atoms with E-state index in [1.165, 1.54) is 11.0 Å². The standard InChI is InChI=1S/C11H11NO2/c1-2-11(14)12(8-9-13)10-6-4-3-5-7-10/h2-7,9H,1,8H2. The van der Waals surface area contributed by atoms with Crippen LogP contribution in [0.4, 0.5) is 5.69 Å². The van der Waals surface area contributed by atoms with Crippen LogP contribution in [0.3, 0.4) is 0 Å². The van der Waals surface area contributed by atoms with Gasteiger partial charge in [-0.15, -0.1) is 0 Å². The summed E-state index contributed by atoms with van der Waals surface area (Å²) >= 11 is 0. The summed E-state index contributed by atoms with van der Waals surface area (Å²) in [5.74, 6) is -0.275. The normalized spacial score (nSPS) is 9.14. The number of hydrogen-bond donors (Lipinski definition) is 0. The number of aldehydes is 1. The smallest absolute Gasteiger partial charge is 0.250 e. The molecule has 0 aromatic heterocycles. The molecule has 1 rings (SSSR count). The van der Waals surface area contributed by atoms with Crippen LogP contribution in [0.1, 0.15) is 0 Å². The van der Waals surface area contributed by atoms with Crippen LogP contribution in [0, 0.1) is 0 Å². The highest BCUT2D eigenvalue weighted by molar-refractivity contribution is 6.02. The predicted molar refractivity (Wildman–Crippen MR) is 55.1 cm³/mol. The first-order valence-corrected chi connectivity index (χ1v) is 4.22. The lowest BCUT2D eigenvalue weighted by Crippen LogP contribution is -2.30. The molecular formula is C11H11NO2. The summed E-state index contributed by atoms with van der Waals surface area (Å²) in [7, 11) is 0. The summed E-state index contributed by atoms with van der Waals surface area (Å²) in [5, 5.41) is 0. The molecule has 0 aliphatic heterocycles. The highest BCUT2D eigenvalue weighted by Gasteiger charge is 2.10. The summed E-state index contributed by atoms with van der Waals surface area (Å²) in [6, 6.07) is 9.00. The van der Waals surface area contributed by atoms with Crippen molar-refractivity contribution in [3.05, 3.63) is 43.0 Å². The zero-order valence-electron chi connectivity index (χ0n) is 7.72. The zero-order chi connectivity index (χ0) is 10.4. The van der Waals surface area contributed by atoms with E-state index < -0.39 is 0 Å². The van der Waals surface area contributed by atoms with Gasteiger partial charge in [0, 0.05) is 5.69 Å². The first kappa shape index (κ1) is 10.2. The van der Waals surface area contributed by atoms with Crippen LogP contribution < -0.4 is 4.90 Å². The molecule has 3 heteroatoms. The Morgan fingerprint density at radius 3 is 2.50 bits per heavy atom. The van der Waals surface area contributed by atoms with Gasteiger partial charge < -0.3 is 9.69 Å². The Balaban J connectivity index is 2.93. The number of nitrogens with zero attached hydrogens (tertiary/aromatic N) is 1. The molecular weight excluding hydrogens is 178 g/mol. The number of para-hydroxylation sites is 1. The van der Waals surface area contributed by atoms with Crippen LogP contribution in [0.5, 0.6) is 0 Å². The molecule has 0 saturated heterocycles. The second kappa shape index (κ2) is 4.97. The lowest BCUT2D eigenvalue weighted by Gasteiger charge is -2.17. The van der Waals surface area contributed by atoms with E-state index >= 15 is 0 Å². The van der Waals surface area contributed by atoms with Gasteiger partial charge in [0.1, 0.15) is 6.29 Å². The van der Waals surface area contributed by atoms with Crippen LogP contribution in [0.15, 0.2) is 43.0 Å².